The molecule has 0 aliphatic carbocycles. The van der Waals surface area contributed by atoms with Crippen molar-refractivity contribution in [1.82, 2.24) is 4.90 Å². The highest BCUT2D eigenvalue weighted by molar-refractivity contribution is 8.18. The van der Waals surface area contributed by atoms with Crippen molar-refractivity contribution in [3.8, 4) is 11.5 Å². The maximum Gasteiger partial charge on any atom is 0.341 e. The first kappa shape index (κ1) is 21.8. The number of aliphatic carboxylic acids is 1. The van der Waals surface area contributed by atoms with Crippen LogP contribution in [0.25, 0.3) is 6.08 Å². The van der Waals surface area contributed by atoms with E-state index in [9.17, 15) is 24.5 Å². The lowest BCUT2D eigenvalue weighted by Gasteiger charge is -2.12. The minimum absolute atomic E-state index is 0.00864. The van der Waals surface area contributed by atoms with Gasteiger partial charge in [-0.1, -0.05) is 18.2 Å². The van der Waals surface area contributed by atoms with Crippen molar-refractivity contribution in [2.45, 2.75) is 6.54 Å². The van der Waals surface area contributed by atoms with Crippen LogP contribution in [0.1, 0.15) is 11.1 Å². The molecule has 1 saturated heterocycles. The van der Waals surface area contributed by atoms with E-state index in [4.69, 9.17) is 14.6 Å². The number of carboxylic acids is 1. The van der Waals surface area contributed by atoms with Crippen LogP contribution in [-0.2, 0) is 16.1 Å². The zero-order chi connectivity index (χ0) is 22.5. The number of benzene rings is 2. The minimum atomic E-state index is -1.13. The topological polar surface area (TPSA) is 136 Å². The number of carboxylic acid groups (broad SMARTS) is 1. The van der Waals surface area contributed by atoms with E-state index in [1.807, 2.05) is 0 Å². The second-order valence-electron chi connectivity index (χ2n) is 6.28. The third kappa shape index (κ3) is 5.20. The average Bonchev–Trinajstić information content (AvgIpc) is 3.00. The van der Waals surface area contributed by atoms with E-state index >= 15 is 0 Å². The van der Waals surface area contributed by atoms with Gasteiger partial charge in [-0.25, -0.2) is 4.79 Å². The van der Waals surface area contributed by atoms with Crippen LogP contribution in [0.5, 0.6) is 11.5 Å². The molecule has 1 aliphatic heterocycles. The second-order valence-corrected chi connectivity index (χ2v) is 7.28. The van der Waals surface area contributed by atoms with Gasteiger partial charge in [-0.05, 0) is 41.1 Å². The first-order valence-corrected chi connectivity index (χ1v) is 9.61. The summed E-state index contributed by atoms with van der Waals surface area (Å²) in [7, 11) is 1.39. The minimum Gasteiger partial charge on any atom is -0.493 e. The molecule has 1 aliphatic rings. The van der Waals surface area contributed by atoms with E-state index in [-0.39, 0.29) is 28.6 Å². The van der Waals surface area contributed by atoms with Gasteiger partial charge in [0.15, 0.2) is 18.1 Å². The number of amides is 2. The summed E-state index contributed by atoms with van der Waals surface area (Å²) in [5.41, 5.74) is 1.05. The van der Waals surface area contributed by atoms with E-state index in [0.717, 1.165) is 16.7 Å². The smallest absolute Gasteiger partial charge is 0.341 e. The van der Waals surface area contributed by atoms with Crippen molar-refractivity contribution < 1.29 is 33.9 Å². The first-order chi connectivity index (χ1) is 14.8. The Labute approximate surface area is 180 Å². The molecule has 2 aromatic carbocycles. The third-order valence-electron chi connectivity index (χ3n) is 4.20. The van der Waals surface area contributed by atoms with Crippen molar-refractivity contribution >= 4 is 40.6 Å². The van der Waals surface area contributed by atoms with Gasteiger partial charge in [0.2, 0.25) is 0 Å². The molecule has 0 spiro atoms. The predicted octanol–water partition coefficient (Wildman–Crippen LogP) is 3.30. The number of hydrogen-bond donors (Lipinski definition) is 1. The average molecular weight is 444 g/mol. The number of non-ortho nitro benzene ring substituents is 1. The number of ether oxygens (including phenoxy) is 2. The standard InChI is InChI=1S/C20H16N2O8S/c1-29-16-8-13(4-7-15(16)30-11-18(23)24)9-17-19(25)21(20(26)31-17)10-12-2-5-14(6-3-12)22(27)28/h2-9H,10-11H2,1H3,(H,23,24). The molecule has 0 unspecified atom stereocenters. The van der Waals surface area contributed by atoms with Gasteiger partial charge in [-0.15, -0.1) is 0 Å². The fourth-order valence-corrected chi connectivity index (χ4v) is 3.56. The van der Waals surface area contributed by atoms with Crippen molar-refractivity contribution in [3.63, 3.8) is 0 Å². The molecule has 2 aromatic rings. The Morgan fingerprint density at radius 2 is 1.90 bits per heavy atom. The molecular weight excluding hydrogens is 428 g/mol. The fraction of sp³-hybridized carbons (Fsp3) is 0.150. The molecule has 0 bridgehead atoms. The van der Waals surface area contributed by atoms with E-state index in [1.54, 1.807) is 12.1 Å². The van der Waals surface area contributed by atoms with Crippen LogP contribution < -0.4 is 9.47 Å². The molecule has 1 fully saturated rings. The Hall–Kier alpha value is -3.86. The molecule has 0 aromatic heterocycles. The Kier molecular flexibility index (Phi) is 6.55. The second kappa shape index (κ2) is 9.30. The molecule has 0 radical (unpaired) electrons. The van der Waals surface area contributed by atoms with Crippen molar-refractivity contribution in [1.29, 1.82) is 0 Å². The van der Waals surface area contributed by atoms with E-state index in [2.05, 4.69) is 0 Å². The molecular formula is C20H16N2O8S. The SMILES string of the molecule is COc1cc(C=C2SC(=O)N(Cc3ccc([N+](=O)[O-])cc3)C2=O)ccc1OCC(=O)O. The highest BCUT2D eigenvalue weighted by atomic mass is 32.2. The number of imide groups is 1. The van der Waals surface area contributed by atoms with Crippen LogP contribution in [0.2, 0.25) is 0 Å². The lowest BCUT2D eigenvalue weighted by atomic mass is 10.1. The zero-order valence-corrected chi connectivity index (χ0v) is 17.0. The third-order valence-corrected chi connectivity index (χ3v) is 5.11. The molecule has 0 saturated carbocycles. The Morgan fingerprint density at radius 1 is 1.19 bits per heavy atom. The summed E-state index contributed by atoms with van der Waals surface area (Å²) in [6.45, 7) is -0.539. The van der Waals surface area contributed by atoms with Crippen LogP contribution in [0, 0.1) is 10.1 Å². The molecule has 11 heteroatoms. The van der Waals surface area contributed by atoms with Crippen molar-refractivity contribution in [2.24, 2.45) is 0 Å². The molecule has 0 atom stereocenters. The number of nitrogens with zero attached hydrogens (tertiary/aromatic N) is 2. The maximum absolute atomic E-state index is 12.7. The Balaban J connectivity index is 1.76. The number of thioether (sulfide) groups is 1. The van der Waals surface area contributed by atoms with Gasteiger partial charge < -0.3 is 14.6 Å². The summed E-state index contributed by atoms with van der Waals surface area (Å²) in [6, 6.07) is 10.3. The van der Waals surface area contributed by atoms with Gasteiger partial charge in [-0.3, -0.25) is 24.6 Å². The number of rotatable bonds is 8. The first-order valence-electron chi connectivity index (χ1n) is 8.80. The number of nitro benzene ring substituents is 1. The summed E-state index contributed by atoms with van der Waals surface area (Å²) in [5, 5.41) is 19.0. The lowest BCUT2D eigenvalue weighted by molar-refractivity contribution is -0.384. The number of methoxy groups -OCH3 is 1. The van der Waals surface area contributed by atoms with Gasteiger partial charge in [0, 0.05) is 12.1 Å². The molecule has 1 N–H and O–H groups in total. The number of carbonyl (C=O) groups is 3. The fourth-order valence-electron chi connectivity index (χ4n) is 2.73. The van der Waals surface area contributed by atoms with Gasteiger partial charge in [-0.2, -0.15) is 0 Å². The largest absolute Gasteiger partial charge is 0.493 e. The summed E-state index contributed by atoms with van der Waals surface area (Å²) >= 11 is 0.776. The van der Waals surface area contributed by atoms with Crippen LogP contribution in [0.4, 0.5) is 10.5 Å². The van der Waals surface area contributed by atoms with Gasteiger partial charge in [0.25, 0.3) is 16.8 Å². The van der Waals surface area contributed by atoms with E-state index < -0.39 is 28.6 Å². The summed E-state index contributed by atoms with van der Waals surface area (Å²) in [5.74, 6) is -1.11. The van der Waals surface area contributed by atoms with E-state index in [0.29, 0.717) is 11.1 Å². The van der Waals surface area contributed by atoms with Crippen molar-refractivity contribution in [3.05, 3.63) is 68.6 Å². The quantitative estimate of drug-likeness (QED) is 0.369. The summed E-state index contributed by atoms with van der Waals surface area (Å²) < 4.78 is 10.3. The Morgan fingerprint density at radius 3 is 2.52 bits per heavy atom. The highest BCUT2D eigenvalue weighted by Gasteiger charge is 2.35. The van der Waals surface area contributed by atoms with Crippen LogP contribution in [0.3, 0.4) is 0 Å². The predicted molar refractivity (Wildman–Crippen MR) is 111 cm³/mol. The molecule has 31 heavy (non-hydrogen) atoms. The molecule has 10 nitrogen and oxygen atoms in total. The van der Waals surface area contributed by atoms with Gasteiger partial charge >= 0.3 is 5.97 Å². The van der Waals surface area contributed by atoms with Gasteiger partial charge in [0.05, 0.1) is 23.5 Å². The monoisotopic (exact) mass is 444 g/mol. The molecule has 2 amide bonds. The van der Waals surface area contributed by atoms with Crippen LogP contribution >= 0.6 is 11.8 Å². The molecule has 160 valence electrons. The molecule has 1 heterocycles. The number of nitro groups is 1. The van der Waals surface area contributed by atoms with Crippen molar-refractivity contribution in [2.75, 3.05) is 13.7 Å². The van der Waals surface area contributed by atoms with Gasteiger partial charge in [0.1, 0.15) is 0 Å². The summed E-state index contributed by atoms with van der Waals surface area (Å²) in [4.78, 5) is 47.1. The zero-order valence-electron chi connectivity index (χ0n) is 16.1. The highest BCUT2D eigenvalue weighted by Crippen LogP contribution is 2.35. The lowest BCUT2D eigenvalue weighted by Crippen LogP contribution is -2.27. The number of hydrogen-bond acceptors (Lipinski definition) is 8. The normalized spacial score (nSPS) is 14.7. The summed E-state index contributed by atoms with van der Waals surface area (Å²) in [6.07, 6.45) is 1.52. The molecule has 3 rings (SSSR count). The van der Waals surface area contributed by atoms with Crippen LogP contribution in [-0.4, -0.2) is 45.8 Å². The van der Waals surface area contributed by atoms with E-state index in [1.165, 1.54) is 43.5 Å². The van der Waals surface area contributed by atoms with Crippen LogP contribution in [0.15, 0.2) is 47.4 Å². The number of carbonyl (C=O) groups excluding carboxylic acids is 2. The maximum atomic E-state index is 12.7. The Bertz CT molecular complexity index is 1080.